The van der Waals surface area contributed by atoms with Gasteiger partial charge in [0.05, 0.1) is 18.2 Å². The van der Waals surface area contributed by atoms with Gasteiger partial charge in [-0.25, -0.2) is 0 Å². The SMILES string of the molecule is CO[C@@H]1C[C@@H](c2nncn2C)N(C(=O)COC2CCCCC2)C1. The average Bonchev–Trinajstić information content (AvgIpc) is 3.19. The summed E-state index contributed by atoms with van der Waals surface area (Å²) in [5.74, 6) is 0.818. The van der Waals surface area contributed by atoms with E-state index in [2.05, 4.69) is 10.2 Å². The van der Waals surface area contributed by atoms with Crippen LogP contribution in [0.1, 0.15) is 50.4 Å². The van der Waals surface area contributed by atoms with Gasteiger partial charge in [0.2, 0.25) is 5.91 Å². The lowest BCUT2D eigenvalue weighted by atomic mass is 9.98. The minimum Gasteiger partial charge on any atom is -0.380 e. The van der Waals surface area contributed by atoms with E-state index in [1.54, 1.807) is 13.4 Å². The maximum Gasteiger partial charge on any atom is 0.249 e. The minimum absolute atomic E-state index is 0.0168. The lowest BCUT2D eigenvalue weighted by molar-refractivity contribution is -0.140. The number of carbonyl (C=O) groups is 1. The Bertz CT molecular complexity index is 527. The third-order valence-electron chi connectivity index (χ3n) is 4.96. The van der Waals surface area contributed by atoms with Crippen molar-refractivity contribution < 1.29 is 14.3 Å². The predicted molar refractivity (Wildman–Crippen MR) is 83.7 cm³/mol. The quantitative estimate of drug-likeness (QED) is 0.821. The van der Waals surface area contributed by atoms with Crippen LogP contribution >= 0.6 is 0 Å². The zero-order valence-electron chi connectivity index (χ0n) is 14.0. The van der Waals surface area contributed by atoms with Gasteiger partial charge in [-0.05, 0) is 12.8 Å². The van der Waals surface area contributed by atoms with Gasteiger partial charge in [0.15, 0.2) is 5.82 Å². The number of aryl methyl sites for hydroxylation is 1. The fourth-order valence-electron chi connectivity index (χ4n) is 3.59. The Balaban J connectivity index is 1.63. The molecule has 1 saturated carbocycles. The van der Waals surface area contributed by atoms with Gasteiger partial charge in [-0.3, -0.25) is 4.79 Å². The highest BCUT2D eigenvalue weighted by molar-refractivity contribution is 5.78. The first-order chi connectivity index (χ1) is 11.2. The molecular formula is C16H26N4O3. The van der Waals surface area contributed by atoms with Crippen LogP contribution in [0.3, 0.4) is 0 Å². The van der Waals surface area contributed by atoms with E-state index < -0.39 is 0 Å². The Morgan fingerprint density at radius 2 is 2.09 bits per heavy atom. The average molecular weight is 322 g/mol. The number of rotatable bonds is 5. The smallest absolute Gasteiger partial charge is 0.249 e. The molecule has 128 valence electrons. The topological polar surface area (TPSA) is 69.5 Å². The highest BCUT2D eigenvalue weighted by Crippen LogP contribution is 2.32. The summed E-state index contributed by atoms with van der Waals surface area (Å²) in [6.45, 7) is 0.732. The third-order valence-corrected chi connectivity index (χ3v) is 4.96. The highest BCUT2D eigenvalue weighted by Gasteiger charge is 2.38. The molecule has 1 amide bonds. The van der Waals surface area contributed by atoms with Crippen molar-refractivity contribution in [3.8, 4) is 0 Å². The molecule has 2 heterocycles. The van der Waals surface area contributed by atoms with Crippen molar-refractivity contribution in [3.63, 3.8) is 0 Å². The Morgan fingerprint density at radius 1 is 1.30 bits per heavy atom. The van der Waals surface area contributed by atoms with Gasteiger partial charge in [0.1, 0.15) is 12.9 Å². The zero-order chi connectivity index (χ0) is 16.2. The molecule has 1 aromatic heterocycles. The monoisotopic (exact) mass is 322 g/mol. The highest BCUT2D eigenvalue weighted by atomic mass is 16.5. The molecule has 1 aliphatic carbocycles. The second-order valence-corrected chi connectivity index (χ2v) is 6.53. The molecule has 1 aliphatic heterocycles. The van der Waals surface area contributed by atoms with Crippen LogP contribution in [0.25, 0.3) is 0 Å². The second-order valence-electron chi connectivity index (χ2n) is 6.53. The normalized spacial score (nSPS) is 25.9. The molecule has 0 N–H and O–H groups in total. The van der Waals surface area contributed by atoms with Gasteiger partial charge in [0.25, 0.3) is 0 Å². The van der Waals surface area contributed by atoms with Crippen molar-refractivity contribution in [3.05, 3.63) is 12.2 Å². The molecule has 2 aliphatic rings. The lowest BCUT2D eigenvalue weighted by Gasteiger charge is -2.26. The molecule has 2 fully saturated rings. The molecule has 1 saturated heterocycles. The third kappa shape index (κ3) is 3.72. The van der Waals surface area contributed by atoms with Crippen molar-refractivity contribution in [1.82, 2.24) is 19.7 Å². The number of aromatic nitrogens is 3. The van der Waals surface area contributed by atoms with Crippen LogP contribution in [-0.4, -0.2) is 58.0 Å². The molecule has 0 aromatic carbocycles. The number of ether oxygens (including phenoxy) is 2. The van der Waals surface area contributed by atoms with Crippen molar-refractivity contribution in [2.75, 3.05) is 20.3 Å². The van der Waals surface area contributed by atoms with Gasteiger partial charge in [-0.1, -0.05) is 19.3 Å². The lowest BCUT2D eigenvalue weighted by Crippen LogP contribution is -2.36. The van der Waals surface area contributed by atoms with Crippen molar-refractivity contribution in [2.45, 2.75) is 56.8 Å². The molecule has 0 bridgehead atoms. The maximum absolute atomic E-state index is 12.7. The minimum atomic E-state index is -0.0881. The van der Waals surface area contributed by atoms with Gasteiger partial charge >= 0.3 is 0 Å². The van der Waals surface area contributed by atoms with E-state index in [9.17, 15) is 4.79 Å². The largest absolute Gasteiger partial charge is 0.380 e. The van der Waals surface area contributed by atoms with E-state index >= 15 is 0 Å². The maximum atomic E-state index is 12.7. The van der Waals surface area contributed by atoms with Gasteiger partial charge in [0, 0.05) is 27.1 Å². The van der Waals surface area contributed by atoms with E-state index in [1.165, 1.54) is 19.3 Å². The summed E-state index contributed by atoms with van der Waals surface area (Å²) in [7, 11) is 3.58. The number of nitrogens with zero attached hydrogens (tertiary/aromatic N) is 4. The van der Waals surface area contributed by atoms with Crippen LogP contribution < -0.4 is 0 Å². The summed E-state index contributed by atoms with van der Waals surface area (Å²) in [6, 6.07) is -0.0881. The fraction of sp³-hybridized carbons (Fsp3) is 0.812. The summed E-state index contributed by atoms with van der Waals surface area (Å²) < 4.78 is 13.2. The summed E-state index contributed by atoms with van der Waals surface area (Å²) in [4.78, 5) is 14.5. The molecular weight excluding hydrogens is 296 g/mol. The summed E-state index contributed by atoms with van der Waals surface area (Å²) in [6.07, 6.45) is 8.52. The van der Waals surface area contributed by atoms with Crippen LogP contribution in [0, 0.1) is 0 Å². The van der Waals surface area contributed by atoms with Crippen molar-refractivity contribution in [1.29, 1.82) is 0 Å². The van der Waals surface area contributed by atoms with Gasteiger partial charge < -0.3 is 18.9 Å². The summed E-state index contributed by atoms with van der Waals surface area (Å²) >= 11 is 0. The van der Waals surface area contributed by atoms with Gasteiger partial charge in [-0.15, -0.1) is 10.2 Å². The second kappa shape index (κ2) is 7.40. The number of amides is 1. The first kappa shape index (κ1) is 16.4. The number of likely N-dealkylation sites (tertiary alicyclic amines) is 1. The van der Waals surface area contributed by atoms with Crippen molar-refractivity contribution in [2.24, 2.45) is 7.05 Å². The molecule has 3 rings (SSSR count). The van der Waals surface area contributed by atoms with E-state index in [1.807, 2.05) is 16.5 Å². The Morgan fingerprint density at radius 3 is 2.74 bits per heavy atom. The first-order valence-corrected chi connectivity index (χ1v) is 8.46. The molecule has 0 spiro atoms. The predicted octanol–water partition coefficient (Wildman–Crippen LogP) is 1.45. The summed E-state index contributed by atoms with van der Waals surface area (Å²) in [5.41, 5.74) is 0. The molecule has 0 radical (unpaired) electrons. The zero-order valence-corrected chi connectivity index (χ0v) is 14.0. The fourth-order valence-corrected chi connectivity index (χ4v) is 3.59. The van der Waals surface area contributed by atoms with Crippen LogP contribution in [0.4, 0.5) is 0 Å². The van der Waals surface area contributed by atoms with Crippen LogP contribution in [0.15, 0.2) is 6.33 Å². The molecule has 23 heavy (non-hydrogen) atoms. The van der Waals surface area contributed by atoms with Crippen LogP contribution in [0.2, 0.25) is 0 Å². The molecule has 7 heteroatoms. The van der Waals surface area contributed by atoms with E-state index in [-0.39, 0.29) is 30.8 Å². The van der Waals surface area contributed by atoms with Crippen molar-refractivity contribution >= 4 is 5.91 Å². The summed E-state index contributed by atoms with van der Waals surface area (Å²) in [5, 5.41) is 8.11. The number of carbonyl (C=O) groups excluding carboxylic acids is 1. The van der Waals surface area contributed by atoms with E-state index in [4.69, 9.17) is 9.47 Å². The number of hydrogen-bond donors (Lipinski definition) is 0. The van der Waals surface area contributed by atoms with Crippen LogP contribution in [-0.2, 0) is 21.3 Å². The standard InChI is InChI=1S/C16H26N4O3/c1-19-11-17-18-16(19)14-8-13(22-2)9-20(14)15(21)10-23-12-6-4-3-5-7-12/h11-14H,3-10H2,1-2H3/t13-,14+/m1/s1. The molecule has 1 aromatic rings. The molecule has 2 atom stereocenters. The van der Waals surface area contributed by atoms with E-state index in [0.717, 1.165) is 25.1 Å². The van der Waals surface area contributed by atoms with Gasteiger partial charge in [-0.2, -0.15) is 0 Å². The first-order valence-electron chi connectivity index (χ1n) is 8.46. The van der Waals surface area contributed by atoms with E-state index in [0.29, 0.717) is 6.54 Å². The Labute approximate surface area is 137 Å². The number of hydrogen-bond acceptors (Lipinski definition) is 5. The Hall–Kier alpha value is -1.47. The molecule has 7 nitrogen and oxygen atoms in total. The van der Waals surface area contributed by atoms with Crippen LogP contribution in [0.5, 0.6) is 0 Å². The Kier molecular flexibility index (Phi) is 5.27. The number of methoxy groups -OCH3 is 1. The molecule has 0 unspecified atom stereocenters.